The lowest BCUT2D eigenvalue weighted by molar-refractivity contribution is -0.183. The summed E-state index contributed by atoms with van der Waals surface area (Å²) in [5.41, 5.74) is 3.59. The number of hydroxylamine groups is 2. The number of nitrogens with zero attached hydrogens (tertiary/aromatic N) is 3. The lowest BCUT2D eigenvalue weighted by atomic mass is 9.45. The maximum atomic E-state index is 14.2. The highest BCUT2D eigenvalue weighted by molar-refractivity contribution is 5.82. The summed E-state index contributed by atoms with van der Waals surface area (Å²) in [5, 5.41) is 35.9. The van der Waals surface area contributed by atoms with Crippen molar-refractivity contribution in [2.24, 2.45) is 35.0 Å². The Morgan fingerprint density at radius 2 is 1.78 bits per heavy atom. The Labute approximate surface area is 324 Å². The Morgan fingerprint density at radius 1 is 1.04 bits per heavy atom. The SMILES string of the molecule is CC(C)C[C@@H](CN1CCCC1)N(Cc1cccc(CN2O[C@@H](CO)[C@@H]([C@H](C)O)[C@H]2C(=O)N[C@H]2C[C@@H]3C[C@H]([C@@H]2C)C3(C)C)c1)Cc1ccccc1OCCO. The summed E-state index contributed by atoms with van der Waals surface area (Å²) in [5.74, 6) is 2.22. The van der Waals surface area contributed by atoms with Gasteiger partial charge >= 0.3 is 0 Å². The van der Waals surface area contributed by atoms with Crippen LogP contribution < -0.4 is 10.1 Å². The van der Waals surface area contributed by atoms with Crippen LogP contribution in [0.15, 0.2) is 48.5 Å². The van der Waals surface area contributed by atoms with E-state index in [9.17, 15) is 20.1 Å². The predicted molar refractivity (Wildman–Crippen MR) is 211 cm³/mol. The van der Waals surface area contributed by atoms with Gasteiger partial charge in [0.05, 0.1) is 25.9 Å². The number of rotatable bonds is 18. The Kier molecular flexibility index (Phi) is 13.8. The van der Waals surface area contributed by atoms with Crippen LogP contribution in [-0.2, 0) is 29.3 Å². The number of fused-ring (bicyclic) bond motifs is 2. The molecule has 3 saturated carbocycles. The molecule has 2 aromatic rings. The van der Waals surface area contributed by atoms with Crippen LogP contribution in [0.5, 0.6) is 5.75 Å². The molecule has 54 heavy (non-hydrogen) atoms. The molecule has 7 rings (SSSR count). The number of amides is 1. The van der Waals surface area contributed by atoms with E-state index in [1.165, 1.54) is 24.8 Å². The van der Waals surface area contributed by atoms with E-state index in [-0.39, 0.29) is 31.8 Å². The molecule has 2 aliphatic heterocycles. The first kappa shape index (κ1) is 41.1. The third-order valence-electron chi connectivity index (χ3n) is 13.4. The number of aliphatic hydroxyl groups is 3. The van der Waals surface area contributed by atoms with Crippen molar-refractivity contribution in [1.29, 1.82) is 0 Å². The molecule has 0 unspecified atom stereocenters. The van der Waals surface area contributed by atoms with Crippen LogP contribution in [0.25, 0.3) is 0 Å². The maximum absolute atomic E-state index is 14.2. The van der Waals surface area contributed by atoms with Gasteiger partial charge in [0.2, 0.25) is 5.91 Å². The first-order chi connectivity index (χ1) is 25.9. The number of hydrogen-bond donors (Lipinski definition) is 4. The van der Waals surface area contributed by atoms with Gasteiger partial charge in [-0.15, -0.1) is 0 Å². The van der Waals surface area contributed by atoms with Gasteiger partial charge in [0, 0.05) is 43.2 Å². The second-order valence-electron chi connectivity index (χ2n) is 17.9. The smallest absolute Gasteiger partial charge is 0.240 e. The molecule has 2 heterocycles. The molecular weight excluding hydrogens is 681 g/mol. The number of nitrogens with one attached hydrogen (secondary N) is 1. The molecule has 10 nitrogen and oxygen atoms in total. The minimum Gasteiger partial charge on any atom is -0.491 e. The quantitative estimate of drug-likeness (QED) is 0.163. The minimum absolute atomic E-state index is 0.0327. The fourth-order valence-corrected chi connectivity index (χ4v) is 10.3. The Bertz CT molecular complexity index is 1510. The van der Waals surface area contributed by atoms with Crippen molar-refractivity contribution in [3.63, 3.8) is 0 Å². The average molecular weight is 749 g/mol. The Balaban J connectivity index is 1.23. The second-order valence-corrected chi connectivity index (χ2v) is 17.9. The summed E-state index contributed by atoms with van der Waals surface area (Å²) in [6.45, 7) is 18.3. The summed E-state index contributed by atoms with van der Waals surface area (Å²) in [6.07, 6.45) is 4.25. The molecule has 10 heteroatoms. The zero-order valence-corrected chi connectivity index (χ0v) is 33.7. The molecule has 3 aliphatic carbocycles. The van der Waals surface area contributed by atoms with Gasteiger partial charge in [-0.2, -0.15) is 5.06 Å². The van der Waals surface area contributed by atoms with Gasteiger partial charge in [-0.3, -0.25) is 14.5 Å². The standard InChI is InChI=1S/C44H68N4O6/c1-29(2)20-36(27-46-16-9-10-17-46)47(26-34-14-7-8-15-39(34)53-19-18-49)24-32-12-11-13-33(21-32)25-48-42(41(31(4)51)40(28-50)54-48)43(52)45-38-23-35-22-37(30(38)3)44(35,5)6/h7-8,11-15,21,29-31,35-38,40-42,49-51H,9-10,16-20,22-28H2,1-6H3,(H,45,52)/t30-,31-,35-,36-,37+,38-,40-,41+,42-/m0/s1. The first-order valence-electron chi connectivity index (χ1n) is 20.8. The second kappa shape index (κ2) is 18.1. The van der Waals surface area contributed by atoms with Gasteiger partial charge < -0.3 is 30.3 Å². The van der Waals surface area contributed by atoms with E-state index in [1.54, 1.807) is 12.0 Å². The lowest BCUT2D eigenvalue weighted by Gasteiger charge is -2.62. The van der Waals surface area contributed by atoms with Gasteiger partial charge in [-0.25, -0.2) is 0 Å². The van der Waals surface area contributed by atoms with E-state index in [0.29, 0.717) is 48.2 Å². The van der Waals surface area contributed by atoms with Crippen LogP contribution in [0.3, 0.4) is 0 Å². The molecule has 1 amide bonds. The molecule has 5 aliphatic rings. The average Bonchev–Trinajstić information content (AvgIpc) is 3.79. The molecule has 9 atom stereocenters. The van der Waals surface area contributed by atoms with E-state index in [4.69, 9.17) is 9.57 Å². The van der Waals surface area contributed by atoms with Crippen molar-refractivity contribution in [2.45, 2.75) is 124 Å². The van der Waals surface area contributed by atoms with E-state index in [1.807, 2.05) is 12.1 Å². The summed E-state index contributed by atoms with van der Waals surface area (Å²) < 4.78 is 5.99. The number of aliphatic hydroxyl groups excluding tert-OH is 3. The molecule has 2 aromatic carbocycles. The summed E-state index contributed by atoms with van der Waals surface area (Å²) >= 11 is 0. The zero-order valence-electron chi connectivity index (χ0n) is 33.7. The van der Waals surface area contributed by atoms with Crippen molar-refractivity contribution >= 4 is 5.91 Å². The number of carbonyl (C=O) groups excluding carboxylic acids is 1. The number of likely N-dealkylation sites (tertiary alicyclic amines) is 1. The van der Waals surface area contributed by atoms with E-state index >= 15 is 0 Å². The van der Waals surface area contributed by atoms with Crippen molar-refractivity contribution in [3.8, 4) is 5.75 Å². The molecule has 0 spiro atoms. The van der Waals surface area contributed by atoms with Gasteiger partial charge in [0.15, 0.2) is 0 Å². The molecule has 5 fully saturated rings. The topological polar surface area (TPSA) is 118 Å². The third-order valence-corrected chi connectivity index (χ3v) is 13.4. The zero-order chi connectivity index (χ0) is 38.6. The van der Waals surface area contributed by atoms with Crippen LogP contribution in [0.4, 0.5) is 0 Å². The fraction of sp³-hybridized carbons (Fsp3) is 0.705. The molecule has 0 aromatic heterocycles. The number of benzene rings is 2. The molecule has 300 valence electrons. The van der Waals surface area contributed by atoms with Gasteiger partial charge in [-0.05, 0) is 98.4 Å². The monoisotopic (exact) mass is 749 g/mol. The normalized spacial score (nSPS) is 29.4. The summed E-state index contributed by atoms with van der Waals surface area (Å²) in [6, 6.07) is 16.4. The first-order valence-corrected chi connectivity index (χ1v) is 20.8. The molecule has 4 N–H and O–H groups in total. The molecule has 0 radical (unpaired) electrons. The van der Waals surface area contributed by atoms with Gasteiger partial charge in [0.1, 0.15) is 24.5 Å². The number of para-hydroxylation sites is 1. The highest BCUT2D eigenvalue weighted by Gasteiger charge is 2.57. The summed E-state index contributed by atoms with van der Waals surface area (Å²) in [4.78, 5) is 25.8. The number of hydrogen-bond acceptors (Lipinski definition) is 9. The van der Waals surface area contributed by atoms with E-state index in [0.717, 1.165) is 55.9 Å². The third kappa shape index (κ3) is 9.34. The van der Waals surface area contributed by atoms with Crippen molar-refractivity contribution in [2.75, 3.05) is 39.5 Å². The largest absolute Gasteiger partial charge is 0.491 e. The fourth-order valence-electron chi connectivity index (χ4n) is 10.3. The van der Waals surface area contributed by atoms with Crippen LogP contribution in [-0.4, -0.2) is 106 Å². The minimum atomic E-state index is -0.836. The highest BCUT2D eigenvalue weighted by Crippen LogP contribution is 2.61. The molecular formula is C44H68N4O6. The Hall–Kier alpha value is -2.57. The van der Waals surface area contributed by atoms with Crippen LogP contribution in [0.2, 0.25) is 0 Å². The van der Waals surface area contributed by atoms with Crippen molar-refractivity contribution in [1.82, 2.24) is 20.2 Å². The number of carbonyl (C=O) groups is 1. The van der Waals surface area contributed by atoms with Crippen LogP contribution in [0, 0.1) is 35.0 Å². The molecule has 2 bridgehead atoms. The van der Waals surface area contributed by atoms with Gasteiger partial charge in [-0.1, -0.05) is 77.1 Å². The highest BCUT2D eigenvalue weighted by atomic mass is 16.7. The van der Waals surface area contributed by atoms with E-state index in [2.05, 4.69) is 86.1 Å². The van der Waals surface area contributed by atoms with Crippen molar-refractivity contribution < 1.29 is 29.7 Å². The van der Waals surface area contributed by atoms with E-state index < -0.39 is 24.2 Å². The molecule has 2 saturated heterocycles. The maximum Gasteiger partial charge on any atom is 0.240 e. The van der Waals surface area contributed by atoms with Crippen LogP contribution >= 0.6 is 0 Å². The number of ether oxygens (including phenoxy) is 1. The predicted octanol–water partition coefficient (Wildman–Crippen LogP) is 5.23. The van der Waals surface area contributed by atoms with Crippen molar-refractivity contribution in [3.05, 3.63) is 65.2 Å². The summed E-state index contributed by atoms with van der Waals surface area (Å²) in [7, 11) is 0. The van der Waals surface area contributed by atoms with Crippen LogP contribution in [0.1, 0.15) is 90.3 Å². The lowest BCUT2D eigenvalue weighted by Crippen LogP contribution is -2.62. The Morgan fingerprint density at radius 3 is 2.44 bits per heavy atom. The van der Waals surface area contributed by atoms with Gasteiger partial charge in [0.25, 0.3) is 0 Å².